The lowest BCUT2D eigenvalue weighted by atomic mass is 9.86. The van der Waals surface area contributed by atoms with Crippen molar-refractivity contribution < 1.29 is 27.5 Å². The monoisotopic (exact) mass is 577 g/mol. The molecule has 0 saturated carbocycles. The van der Waals surface area contributed by atoms with Crippen molar-refractivity contribution >= 4 is 40.5 Å². The fraction of sp³-hybridized carbons (Fsp3) is 0.214. The summed E-state index contributed by atoms with van der Waals surface area (Å²) < 4.78 is 48.3. The number of alkyl halides is 3. The smallest absolute Gasteiger partial charge is 0.435 e. The highest BCUT2D eigenvalue weighted by atomic mass is 35.5. The first kappa shape index (κ1) is 28.3. The topological polar surface area (TPSA) is 54.4 Å². The summed E-state index contributed by atoms with van der Waals surface area (Å²) >= 11 is 12.0. The Morgan fingerprint density at radius 2 is 1.72 bits per heavy atom. The lowest BCUT2D eigenvalue weighted by molar-refractivity contribution is -0.275. The van der Waals surface area contributed by atoms with Crippen LogP contribution in [0, 0.1) is 6.92 Å². The van der Waals surface area contributed by atoms with E-state index in [-0.39, 0.29) is 27.2 Å². The molecule has 0 aliphatic carbocycles. The molecule has 11 heteroatoms. The lowest BCUT2D eigenvalue weighted by Gasteiger charge is -2.33. The number of aryl methyl sites for hydroxylation is 1. The van der Waals surface area contributed by atoms with E-state index < -0.39 is 24.1 Å². The van der Waals surface area contributed by atoms with Gasteiger partial charge in [-0.3, -0.25) is 9.80 Å². The Kier molecular flexibility index (Phi) is 7.86. The summed E-state index contributed by atoms with van der Waals surface area (Å²) in [7, 11) is 3.08. The summed E-state index contributed by atoms with van der Waals surface area (Å²) in [6, 6.07) is 17.4. The van der Waals surface area contributed by atoms with E-state index in [2.05, 4.69) is 11.7 Å². The zero-order chi connectivity index (χ0) is 28.5. The third-order valence-electron chi connectivity index (χ3n) is 6.40. The van der Waals surface area contributed by atoms with Crippen LogP contribution in [0.1, 0.15) is 33.5 Å². The summed E-state index contributed by atoms with van der Waals surface area (Å²) in [5.74, 6) is -0.362. The summed E-state index contributed by atoms with van der Waals surface area (Å²) in [6.07, 6.45) is -5.43. The molecule has 0 N–H and O–H groups in total. The number of benzene rings is 3. The van der Waals surface area contributed by atoms with Gasteiger partial charge < -0.3 is 9.57 Å². The van der Waals surface area contributed by atoms with Gasteiger partial charge in [-0.2, -0.15) is 18.2 Å². The summed E-state index contributed by atoms with van der Waals surface area (Å²) in [5.41, 5.74) is -1.08. The number of carbonyl (C=O) groups is 1. The van der Waals surface area contributed by atoms with Crippen LogP contribution in [0.25, 0.3) is 0 Å². The van der Waals surface area contributed by atoms with Crippen molar-refractivity contribution in [2.45, 2.75) is 25.1 Å². The lowest BCUT2D eigenvalue weighted by Crippen LogP contribution is -2.44. The molecule has 1 atom stereocenters. The number of rotatable bonds is 7. The molecule has 1 heterocycles. The first-order valence-corrected chi connectivity index (χ1v) is 12.4. The van der Waals surface area contributed by atoms with Crippen LogP contribution >= 0.6 is 23.2 Å². The van der Waals surface area contributed by atoms with E-state index in [4.69, 9.17) is 32.8 Å². The van der Waals surface area contributed by atoms with E-state index in [0.717, 1.165) is 12.1 Å². The van der Waals surface area contributed by atoms with Crippen molar-refractivity contribution in [1.29, 1.82) is 0 Å². The van der Waals surface area contributed by atoms with E-state index in [1.807, 2.05) is 30.3 Å². The molecule has 39 heavy (non-hydrogen) atoms. The van der Waals surface area contributed by atoms with Gasteiger partial charge in [0, 0.05) is 34.6 Å². The number of hydrazine groups is 1. The molecule has 0 radical (unpaired) electrons. The fourth-order valence-electron chi connectivity index (χ4n) is 4.31. The van der Waals surface area contributed by atoms with Crippen molar-refractivity contribution in [3.63, 3.8) is 0 Å². The number of amides is 1. The van der Waals surface area contributed by atoms with Crippen LogP contribution in [0.2, 0.25) is 10.0 Å². The molecule has 6 nitrogen and oxygen atoms in total. The maximum atomic E-state index is 14.4. The van der Waals surface area contributed by atoms with Gasteiger partial charge in [0.2, 0.25) is 5.88 Å². The number of ether oxygens (including phenoxy) is 1. The number of carbonyl (C=O) groups excluding carboxylic acids is 1. The fourth-order valence-corrected chi connectivity index (χ4v) is 4.83. The minimum Gasteiger partial charge on any atom is -0.481 e. The SMILES string of the molecule is C=C(OC)N(C(=O)c1ccc(C2=NOC(c3cc(Cl)cc(Cl)c3)(C(F)(F)F)C2)cc1C)N(C)c1ccccc1. The van der Waals surface area contributed by atoms with E-state index in [1.54, 1.807) is 25.0 Å². The molecule has 4 rings (SSSR count). The van der Waals surface area contributed by atoms with Crippen molar-refractivity contribution in [2.24, 2.45) is 5.16 Å². The zero-order valence-corrected chi connectivity index (χ0v) is 22.7. The molecule has 204 valence electrons. The van der Waals surface area contributed by atoms with Crippen LogP contribution in [0.3, 0.4) is 0 Å². The summed E-state index contributed by atoms with van der Waals surface area (Å²) in [6.45, 7) is 5.51. The van der Waals surface area contributed by atoms with Gasteiger partial charge in [-0.05, 0) is 67.1 Å². The quantitative estimate of drug-likeness (QED) is 0.215. The number of oxime groups is 1. The van der Waals surface area contributed by atoms with E-state index in [1.165, 1.54) is 30.3 Å². The molecule has 0 bridgehead atoms. The average molecular weight is 578 g/mol. The molecular weight excluding hydrogens is 554 g/mol. The number of anilines is 1. The summed E-state index contributed by atoms with van der Waals surface area (Å²) in [5, 5.41) is 6.73. The zero-order valence-electron chi connectivity index (χ0n) is 21.2. The third kappa shape index (κ3) is 5.42. The maximum absolute atomic E-state index is 14.4. The van der Waals surface area contributed by atoms with E-state index in [9.17, 15) is 18.0 Å². The van der Waals surface area contributed by atoms with Crippen LogP contribution in [-0.2, 0) is 15.2 Å². The number of hydrogen-bond acceptors (Lipinski definition) is 5. The van der Waals surface area contributed by atoms with Crippen molar-refractivity contribution in [1.82, 2.24) is 5.01 Å². The Bertz CT molecular complexity index is 1430. The van der Waals surface area contributed by atoms with Gasteiger partial charge in [0.25, 0.3) is 11.5 Å². The molecule has 1 amide bonds. The normalized spacial score (nSPS) is 16.8. The number of para-hydroxylation sites is 1. The second kappa shape index (κ2) is 10.8. The number of methoxy groups -OCH3 is 1. The Morgan fingerprint density at radius 3 is 2.28 bits per heavy atom. The predicted octanol–water partition coefficient (Wildman–Crippen LogP) is 7.50. The van der Waals surface area contributed by atoms with Gasteiger partial charge in [0.15, 0.2) is 0 Å². The van der Waals surface area contributed by atoms with E-state index in [0.29, 0.717) is 22.4 Å². The van der Waals surface area contributed by atoms with Gasteiger partial charge in [-0.25, -0.2) is 0 Å². The third-order valence-corrected chi connectivity index (χ3v) is 6.84. The average Bonchev–Trinajstić information content (AvgIpc) is 3.36. The minimum atomic E-state index is -4.82. The van der Waals surface area contributed by atoms with Crippen molar-refractivity contribution in [3.8, 4) is 0 Å². The molecule has 1 aliphatic heterocycles. The Morgan fingerprint density at radius 1 is 1.08 bits per heavy atom. The molecule has 3 aromatic carbocycles. The van der Waals surface area contributed by atoms with E-state index >= 15 is 0 Å². The molecule has 1 aliphatic rings. The Balaban J connectivity index is 1.65. The predicted molar refractivity (Wildman–Crippen MR) is 145 cm³/mol. The number of halogens is 5. The highest BCUT2D eigenvalue weighted by Gasteiger charge is 2.62. The van der Waals surface area contributed by atoms with Gasteiger partial charge in [0.05, 0.1) is 18.5 Å². The van der Waals surface area contributed by atoms with Gasteiger partial charge >= 0.3 is 6.18 Å². The number of nitrogens with zero attached hydrogens (tertiary/aromatic N) is 3. The largest absolute Gasteiger partial charge is 0.481 e. The van der Waals surface area contributed by atoms with Gasteiger partial charge in [0.1, 0.15) is 0 Å². The second-order valence-corrected chi connectivity index (χ2v) is 9.77. The van der Waals surface area contributed by atoms with Crippen molar-refractivity contribution in [2.75, 3.05) is 19.2 Å². The van der Waals surface area contributed by atoms with Crippen LogP contribution in [0.15, 0.2) is 84.3 Å². The maximum Gasteiger partial charge on any atom is 0.435 e. The van der Waals surface area contributed by atoms with Gasteiger partial charge in [-0.15, -0.1) is 0 Å². The Hall–Kier alpha value is -3.69. The molecule has 0 aromatic heterocycles. The number of hydrogen-bond donors (Lipinski definition) is 0. The summed E-state index contributed by atoms with van der Waals surface area (Å²) in [4.78, 5) is 18.7. The molecule has 3 aromatic rings. The Labute approximate surface area is 233 Å². The second-order valence-electron chi connectivity index (χ2n) is 8.89. The van der Waals surface area contributed by atoms with Crippen LogP contribution in [0.4, 0.5) is 18.9 Å². The molecule has 1 unspecified atom stereocenters. The first-order valence-electron chi connectivity index (χ1n) is 11.6. The first-order chi connectivity index (χ1) is 18.4. The van der Waals surface area contributed by atoms with Crippen molar-refractivity contribution in [3.05, 3.63) is 111 Å². The highest BCUT2D eigenvalue weighted by Crippen LogP contribution is 2.49. The van der Waals surface area contributed by atoms with Crippen LogP contribution in [0.5, 0.6) is 0 Å². The molecule has 0 fully saturated rings. The van der Waals surface area contributed by atoms with Crippen LogP contribution < -0.4 is 5.01 Å². The standard InChI is InChI=1S/C28H24Cl2F3N3O3/c1-17-12-19(25-16-27(39-34-25,28(31,32)33)20-13-21(29)15-22(30)14-20)10-11-24(17)26(37)36(18(2)38-4)35(3)23-8-6-5-7-9-23/h5-15H,2,16H2,1,3-4H3. The van der Waals surface area contributed by atoms with Gasteiger partial charge in [-0.1, -0.05) is 52.6 Å². The van der Waals surface area contributed by atoms with Crippen LogP contribution in [-0.4, -0.2) is 37.0 Å². The molecule has 0 saturated heterocycles. The highest BCUT2D eigenvalue weighted by molar-refractivity contribution is 6.34. The minimum absolute atomic E-state index is 0.0413. The molecular formula is C28H24Cl2F3N3O3. The molecule has 0 spiro atoms.